The van der Waals surface area contributed by atoms with E-state index in [1.807, 2.05) is 0 Å². The van der Waals surface area contributed by atoms with Gasteiger partial charge in [-0.25, -0.2) is 0 Å². The summed E-state index contributed by atoms with van der Waals surface area (Å²) in [6, 6.07) is -0.316. The van der Waals surface area contributed by atoms with Gasteiger partial charge < -0.3 is 20.4 Å². The fraction of sp³-hybridized carbons (Fsp3) is 0.727. The van der Waals surface area contributed by atoms with Crippen LogP contribution in [0.5, 0.6) is 0 Å². The molecule has 34 heavy (non-hydrogen) atoms. The van der Waals surface area contributed by atoms with Gasteiger partial charge in [0.15, 0.2) is 5.69 Å². The number of halogens is 3. The van der Waals surface area contributed by atoms with Crippen LogP contribution in [-0.4, -0.2) is 82.6 Å². The molecular formula is C22H33F3N6O3. The lowest BCUT2D eigenvalue weighted by molar-refractivity contribution is -0.141. The molecule has 1 aliphatic heterocycles. The predicted octanol–water partition coefficient (Wildman–Crippen LogP) is 1.40. The molecule has 1 aliphatic carbocycles. The predicted molar refractivity (Wildman–Crippen MR) is 118 cm³/mol. The van der Waals surface area contributed by atoms with Gasteiger partial charge in [0.05, 0.1) is 6.04 Å². The first-order valence-electron chi connectivity index (χ1n) is 11.7. The minimum atomic E-state index is -4.63. The molecule has 0 bridgehead atoms. The highest BCUT2D eigenvalue weighted by molar-refractivity contribution is 5.93. The third-order valence-corrected chi connectivity index (χ3v) is 6.78. The molecule has 2 heterocycles. The maximum Gasteiger partial charge on any atom is 0.435 e. The Morgan fingerprint density at radius 2 is 1.65 bits per heavy atom. The highest BCUT2D eigenvalue weighted by atomic mass is 19.4. The number of carbonyl (C=O) groups is 3. The van der Waals surface area contributed by atoms with Crippen LogP contribution in [0.4, 0.5) is 13.2 Å². The van der Waals surface area contributed by atoms with Crippen LogP contribution in [0.1, 0.15) is 55.2 Å². The maximum atomic E-state index is 13.4. The Kier molecular flexibility index (Phi) is 8.21. The van der Waals surface area contributed by atoms with Crippen LogP contribution in [0, 0.1) is 5.92 Å². The molecule has 0 aromatic carbocycles. The molecular weight excluding hydrogens is 453 g/mol. The minimum Gasteiger partial charge on any atom is -0.343 e. The molecule has 3 amide bonds. The van der Waals surface area contributed by atoms with Crippen molar-refractivity contribution >= 4 is 17.7 Å². The van der Waals surface area contributed by atoms with Gasteiger partial charge in [0.2, 0.25) is 11.8 Å². The summed E-state index contributed by atoms with van der Waals surface area (Å²) in [5, 5.41) is 9.21. The Morgan fingerprint density at radius 1 is 1.06 bits per heavy atom. The normalized spacial score (nSPS) is 19.6. The van der Waals surface area contributed by atoms with Crippen molar-refractivity contribution in [3.63, 3.8) is 0 Å². The van der Waals surface area contributed by atoms with Gasteiger partial charge >= 0.3 is 6.18 Å². The molecule has 1 saturated heterocycles. The molecule has 2 fully saturated rings. The Hall–Kier alpha value is -2.63. The van der Waals surface area contributed by atoms with Crippen LogP contribution in [0.3, 0.4) is 0 Å². The van der Waals surface area contributed by atoms with Crippen molar-refractivity contribution in [2.45, 2.75) is 57.3 Å². The van der Waals surface area contributed by atoms with E-state index in [9.17, 15) is 27.6 Å². The molecule has 0 spiro atoms. The lowest BCUT2D eigenvalue weighted by Crippen LogP contribution is -2.59. The van der Waals surface area contributed by atoms with Gasteiger partial charge in [-0.1, -0.05) is 19.3 Å². The van der Waals surface area contributed by atoms with Crippen LogP contribution in [0.25, 0.3) is 0 Å². The van der Waals surface area contributed by atoms with E-state index in [4.69, 9.17) is 0 Å². The second-order valence-electron chi connectivity index (χ2n) is 9.05. The average molecular weight is 487 g/mol. The lowest BCUT2D eigenvalue weighted by Gasteiger charge is -2.39. The second-order valence-corrected chi connectivity index (χ2v) is 9.05. The highest BCUT2D eigenvalue weighted by Gasteiger charge is 2.38. The first-order valence-corrected chi connectivity index (χ1v) is 11.7. The van der Waals surface area contributed by atoms with Crippen molar-refractivity contribution in [1.29, 1.82) is 0 Å². The van der Waals surface area contributed by atoms with Crippen molar-refractivity contribution in [2.75, 3.05) is 33.2 Å². The third kappa shape index (κ3) is 5.89. The first-order chi connectivity index (χ1) is 16.0. The van der Waals surface area contributed by atoms with Crippen molar-refractivity contribution in [1.82, 2.24) is 30.2 Å². The number of alkyl halides is 3. The number of hydrogen-bond donors (Lipinski definition) is 2. The van der Waals surface area contributed by atoms with Crippen molar-refractivity contribution < 1.29 is 27.6 Å². The van der Waals surface area contributed by atoms with Crippen LogP contribution >= 0.6 is 0 Å². The Bertz CT molecular complexity index is 889. The molecule has 0 unspecified atom stereocenters. The standard InChI is InChI=1S/C22H33F3N6O3/c1-14(26-2)19(32)27-18(15-7-5-4-6-8-15)21(34)31-11-9-30(10-12-31)20(33)16-13-17(22(23,24)25)28-29(16)3/h13-15,18,26H,4-12H2,1-3H3,(H,27,32)/t14-,18-/m0/s1. The molecule has 12 heteroatoms. The molecule has 2 aliphatic rings. The highest BCUT2D eigenvalue weighted by Crippen LogP contribution is 2.29. The summed E-state index contributed by atoms with van der Waals surface area (Å²) >= 11 is 0. The van der Waals surface area contributed by atoms with E-state index < -0.39 is 29.9 Å². The summed E-state index contributed by atoms with van der Waals surface area (Å²) in [6.45, 7) is 2.60. The third-order valence-electron chi connectivity index (χ3n) is 6.78. The van der Waals surface area contributed by atoms with Gasteiger partial charge in [-0.3, -0.25) is 19.1 Å². The van der Waals surface area contributed by atoms with Crippen molar-refractivity contribution in [2.24, 2.45) is 13.0 Å². The fourth-order valence-electron chi connectivity index (χ4n) is 4.55. The number of carbonyl (C=O) groups excluding carboxylic acids is 3. The number of rotatable bonds is 6. The van der Waals surface area contributed by atoms with Crippen LogP contribution in [0.2, 0.25) is 0 Å². The van der Waals surface area contributed by atoms with Crippen LogP contribution in [-0.2, 0) is 22.8 Å². The van der Waals surface area contributed by atoms with E-state index in [1.165, 1.54) is 11.9 Å². The van der Waals surface area contributed by atoms with E-state index >= 15 is 0 Å². The van der Waals surface area contributed by atoms with Gasteiger partial charge in [0.25, 0.3) is 5.91 Å². The van der Waals surface area contributed by atoms with Crippen molar-refractivity contribution in [3.05, 3.63) is 17.5 Å². The topological polar surface area (TPSA) is 99.6 Å². The number of aryl methyl sites for hydroxylation is 1. The van der Waals surface area contributed by atoms with Gasteiger partial charge in [0.1, 0.15) is 11.7 Å². The summed E-state index contributed by atoms with van der Waals surface area (Å²) in [6.07, 6.45) is 0.238. The maximum absolute atomic E-state index is 13.4. The number of nitrogens with zero attached hydrogens (tertiary/aromatic N) is 4. The van der Waals surface area contributed by atoms with Gasteiger partial charge in [-0.2, -0.15) is 18.3 Å². The molecule has 3 rings (SSSR count). The molecule has 9 nitrogen and oxygen atoms in total. The number of nitrogens with one attached hydrogen (secondary N) is 2. The molecule has 2 N–H and O–H groups in total. The summed E-state index contributed by atoms with van der Waals surface area (Å²) < 4.78 is 39.8. The number of hydrogen-bond acceptors (Lipinski definition) is 5. The Labute approximate surface area is 197 Å². The largest absolute Gasteiger partial charge is 0.435 e. The number of likely N-dealkylation sites (N-methyl/N-ethyl adjacent to an activating group) is 1. The zero-order valence-electron chi connectivity index (χ0n) is 19.8. The van der Waals surface area contributed by atoms with E-state index in [1.54, 1.807) is 18.9 Å². The second kappa shape index (κ2) is 10.7. The van der Waals surface area contributed by atoms with E-state index in [2.05, 4.69) is 15.7 Å². The zero-order valence-corrected chi connectivity index (χ0v) is 19.8. The molecule has 1 saturated carbocycles. The molecule has 2 atom stereocenters. The first kappa shape index (κ1) is 26.0. The Morgan fingerprint density at radius 3 is 2.18 bits per heavy atom. The summed E-state index contributed by atoms with van der Waals surface area (Å²) in [5.41, 5.74) is -1.27. The lowest BCUT2D eigenvalue weighted by atomic mass is 9.83. The van der Waals surface area contributed by atoms with E-state index in [-0.39, 0.29) is 49.6 Å². The molecule has 1 aromatic heterocycles. The fourth-order valence-corrected chi connectivity index (χ4v) is 4.55. The van der Waals surface area contributed by atoms with Crippen LogP contribution in [0.15, 0.2) is 6.07 Å². The summed E-state index contributed by atoms with van der Waals surface area (Å²) in [5.74, 6) is -0.908. The molecule has 190 valence electrons. The monoisotopic (exact) mass is 486 g/mol. The SMILES string of the molecule is CN[C@@H](C)C(=O)N[C@H](C(=O)N1CCN(C(=O)c2cc(C(F)(F)F)nn2C)CC1)C1CCCCC1. The molecule has 1 aromatic rings. The van der Waals surface area contributed by atoms with Crippen LogP contribution < -0.4 is 10.6 Å². The van der Waals surface area contributed by atoms with Crippen molar-refractivity contribution in [3.8, 4) is 0 Å². The quantitative estimate of drug-likeness (QED) is 0.633. The smallest absolute Gasteiger partial charge is 0.343 e. The zero-order chi connectivity index (χ0) is 25.0. The minimum absolute atomic E-state index is 0.0594. The number of aromatic nitrogens is 2. The van der Waals surface area contributed by atoms with Gasteiger partial charge in [0, 0.05) is 39.3 Å². The van der Waals surface area contributed by atoms with Gasteiger partial charge in [-0.05, 0) is 32.7 Å². The summed E-state index contributed by atoms with van der Waals surface area (Å²) in [4.78, 5) is 41.8. The number of amides is 3. The van der Waals surface area contributed by atoms with E-state index in [0.717, 1.165) is 42.9 Å². The average Bonchev–Trinajstić information content (AvgIpc) is 3.23. The van der Waals surface area contributed by atoms with Gasteiger partial charge in [-0.15, -0.1) is 0 Å². The Balaban J connectivity index is 1.66. The number of piperazine rings is 1. The van der Waals surface area contributed by atoms with E-state index in [0.29, 0.717) is 0 Å². The molecule has 0 radical (unpaired) electrons. The summed E-state index contributed by atoms with van der Waals surface area (Å²) in [7, 11) is 2.98.